The lowest BCUT2D eigenvalue weighted by molar-refractivity contribution is -0.120. The van der Waals surface area contributed by atoms with E-state index < -0.39 is 0 Å². The molecule has 0 fully saturated rings. The molecule has 29 heavy (non-hydrogen) atoms. The predicted octanol–water partition coefficient (Wildman–Crippen LogP) is 3.08. The van der Waals surface area contributed by atoms with Gasteiger partial charge in [0.1, 0.15) is 0 Å². The second-order valence-electron chi connectivity index (χ2n) is 7.05. The average Bonchev–Trinajstić information content (AvgIpc) is 3.09. The second-order valence-corrected chi connectivity index (χ2v) is 8.23. The summed E-state index contributed by atoms with van der Waals surface area (Å²) in [6.07, 6.45) is 2.16. The molecule has 0 saturated heterocycles. The summed E-state index contributed by atoms with van der Waals surface area (Å²) in [7, 11) is 3.95. The maximum Gasteiger partial charge on any atom is 0.253 e. The van der Waals surface area contributed by atoms with Crippen molar-refractivity contribution in [3.05, 3.63) is 51.8 Å². The van der Waals surface area contributed by atoms with Crippen molar-refractivity contribution in [3.8, 4) is 0 Å². The van der Waals surface area contributed by atoms with Gasteiger partial charge in [-0.15, -0.1) is 5.10 Å². The van der Waals surface area contributed by atoms with Gasteiger partial charge in [-0.1, -0.05) is 41.6 Å². The SMILES string of the molecule is CSc1nc2nc(C)c(CC(=O)NCC(c3ccccc3Cl)N(C)C)c(C)n2n1. The third-order valence-electron chi connectivity index (χ3n) is 4.93. The van der Waals surface area contributed by atoms with E-state index in [0.717, 1.165) is 22.5 Å². The zero-order valence-corrected chi connectivity index (χ0v) is 18.8. The van der Waals surface area contributed by atoms with Gasteiger partial charge in [0, 0.05) is 28.5 Å². The molecule has 3 aromatic rings. The van der Waals surface area contributed by atoms with Gasteiger partial charge in [-0.25, -0.2) is 9.50 Å². The van der Waals surface area contributed by atoms with Crippen LogP contribution in [-0.2, 0) is 11.2 Å². The summed E-state index contributed by atoms with van der Waals surface area (Å²) in [4.78, 5) is 23.7. The molecule has 0 saturated carbocycles. The second kappa shape index (κ2) is 9.11. The van der Waals surface area contributed by atoms with Crippen molar-refractivity contribution >= 4 is 35.0 Å². The monoisotopic (exact) mass is 432 g/mol. The highest BCUT2D eigenvalue weighted by Gasteiger charge is 2.20. The van der Waals surface area contributed by atoms with E-state index in [1.54, 1.807) is 4.52 Å². The van der Waals surface area contributed by atoms with Crippen LogP contribution < -0.4 is 5.32 Å². The first kappa shape index (κ1) is 21.5. The lowest BCUT2D eigenvalue weighted by Crippen LogP contribution is -2.35. The summed E-state index contributed by atoms with van der Waals surface area (Å²) in [6.45, 7) is 4.30. The van der Waals surface area contributed by atoms with Gasteiger partial charge in [0.15, 0.2) is 0 Å². The molecule has 1 aromatic carbocycles. The first-order chi connectivity index (χ1) is 13.8. The van der Waals surface area contributed by atoms with Gasteiger partial charge in [0.05, 0.1) is 12.5 Å². The number of rotatable bonds is 7. The highest BCUT2D eigenvalue weighted by atomic mass is 35.5. The molecule has 0 aliphatic rings. The number of thioether (sulfide) groups is 1. The van der Waals surface area contributed by atoms with Crippen LogP contribution in [0, 0.1) is 13.8 Å². The number of halogens is 1. The molecule has 2 aromatic heterocycles. The van der Waals surface area contributed by atoms with E-state index in [4.69, 9.17) is 11.6 Å². The lowest BCUT2D eigenvalue weighted by atomic mass is 10.1. The number of hydrogen-bond donors (Lipinski definition) is 1. The molecule has 3 rings (SSSR count). The number of carbonyl (C=O) groups excluding carboxylic acids is 1. The third-order valence-corrected chi connectivity index (χ3v) is 5.81. The molecule has 7 nitrogen and oxygen atoms in total. The molecule has 1 N–H and O–H groups in total. The van der Waals surface area contributed by atoms with E-state index in [1.165, 1.54) is 11.8 Å². The number of likely N-dealkylation sites (N-methyl/N-ethyl adjacent to an activating group) is 1. The molecule has 1 atom stereocenters. The van der Waals surface area contributed by atoms with Crippen LogP contribution in [0.1, 0.15) is 28.6 Å². The van der Waals surface area contributed by atoms with E-state index >= 15 is 0 Å². The standard InChI is InChI=1S/C20H25ClN6OS/c1-12-15(13(2)27-19(23-12)24-20(25-27)29-5)10-18(28)22-11-17(26(3)4)14-8-6-7-9-16(14)21/h6-9,17H,10-11H2,1-5H3,(H,22,28). The maximum absolute atomic E-state index is 12.7. The van der Waals surface area contributed by atoms with Crippen LogP contribution in [0.25, 0.3) is 5.78 Å². The van der Waals surface area contributed by atoms with Crippen LogP contribution >= 0.6 is 23.4 Å². The Kier molecular flexibility index (Phi) is 6.77. The van der Waals surface area contributed by atoms with Crippen molar-refractivity contribution in [3.63, 3.8) is 0 Å². The van der Waals surface area contributed by atoms with Gasteiger partial charge in [-0.2, -0.15) is 4.98 Å². The predicted molar refractivity (Wildman–Crippen MR) is 117 cm³/mol. The van der Waals surface area contributed by atoms with Crippen molar-refractivity contribution in [2.45, 2.75) is 31.5 Å². The molecule has 154 valence electrons. The Labute approximate surface area is 179 Å². The van der Waals surface area contributed by atoms with Crippen molar-refractivity contribution < 1.29 is 4.79 Å². The van der Waals surface area contributed by atoms with E-state index in [0.29, 0.717) is 22.5 Å². The van der Waals surface area contributed by atoms with Gasteiger partial charge in [-0.05, 0) is 45.8 Å². The molecule has 1 amide bonds. The Hall–Kier alpha value is -2.16. The lowest BCUT2D eigenvalue weighted by Gasteiger charge is -2.26. The van der Waals surface area contributed by atoms with Gasteiger partial charge >= 0.3 is 0 Å². The number of carbonyl (C=O) groups is 1. The highest BCUT2D eigenvalue weighted by Crippen LogP contribution is 2.25. The summed E-state index contributed by atoms with van der Waals surface area (Å²) in [5.74, 6) is 0.487. The van der Waals surface area contributed by atoms with E-state index in [2.05, 4.69) is 20.4 Å². The number of hydrogen-bond acceptors (Lipinski definition) is 6. The fraction of sp³-hybridized carbons (Fsp3) is 0.400. The van der Waals surface area contributed by atoms with Crippen LogP contribution in [-0.4, -0.2) is 57.3 Å². The summed E-state index contributed by atoms with van der Waals surface area (Å²) in [5.41, 5.74) is 3.53. The quantitative estimate of drug-likeness (QED) is 0.578. The molecule has 0 aliphatic heterocycles. The fourth-order valence-electron chi connectivity index (χ4n) is 3.28. The van der Waals surface area contributed by atoms with Crippen LogP contribution in [0.2, 0.25) is 5.02 Å². The number of aromatic nitrogens is 4. The van der Waals surface area contributed by atoms with Crippen LogP contribution in [0.4, 0.5) is 0 Å². The first-order valence-electron chi connectivity index (χ1n) is 9.26. The number of aryl methyl sites for hydroxylation is 2. The average molecular weight is 433 g/mol. The zero-order chi connectivity index (χ0) is 21.1. The number of nitrogens with zero attached hydrogens (tertiary/aromatic N) is 5. The molecular weight excluding hydrogens is 408 g/mol. The number of amides is 1. The molecular formula is C20H25ClN6OS. The van der Waals surface area contributed by atoms with Crippen molar-refractivity contribution in [2.24, 2.45) is 0 Å². The van der Waals surface area contributed by atoms with Crippen LogP contribution in [0.15, 0.2) is 29.4 Å². The Morgan fingerprint density at radius 1 is 1.28 bits per heavy atom. The van der Waals surface area contributed by atoms with E-state index in [9.17, 15) is 4.79 Å². The normalized spacial score (nSPS) is 12.5. The smallest absolute Gasteiger partial charge is 0.253 e. The van der Waals surface area contributed by atoms with E-state index in [1.807, 2.05) is 63.4 Å². The molecule has 0 spiro atoms. The Balaban J connectivity index is 1.76. The zero-order valence-electron chi connectivity index (χ0n) is 17.2. The molecule has 0 bridgehead atoms. The molecule has 0 radical (unpaired) electrons. The first-order valence-corrected chi connectivity index (χ1v) is 10.9. The minimum Gasteiger partial charge on any atom is -0.354 e. The largest absolute Gasteiger partial charge is 0.354 e. The third kappa shape index (κ3) is 4.71. The van der Waals surface area contributed by atoms with Crippen LogP contribution in [0.3, 0.4) is 0 Å². The summed E-state index contributed by atoms with van der Waals surface area (Å²) < 4.78 is 1.70. The fourth-order valence-corrected chi connectivity index (χ4v) is 3.88. The highest BCUT2D eigenvalue weighted by molar-refractivity contribution is 7.98. The molecule has 0 aliphatic carbocycles. The maximum atomic E-state index is 12.7. The van der Waals surface area contributed by atoms with Crippen molar-refractivity contribution in [1.82, 2.24) is 29.8 Å². The number of nitrogens with one attached hydrogen (secondary N) is 1. The topological polar surface area (TPSA) is 75.4 Å². The summed E-state index contributed by atoms with van der Waals surface area (Å²) in [6, 6.07) is 7.69. The summed E-state index contributed by atoms with van der Waals surface area (Å²) >= 11 is 7.82. The van der Waals surface area contributed by atoms with Crippen molar-refractivity contribution in [2.75, 3.05) is 26.9 Å². The minimum absolute atomic E-state index is 0.0186. The molecule has 2 heterocycles. The van der Waals surface area contributed by atoms with Gasteiger partial charge in [0.2, 0.25) is 11.1 Å². The van der Waals surface area contributed by atoms with Gasteiger partial charge in [0.25, 0.3) is 5.78 Å². The minimum atomic E-state index is -0.0681. The number of benzene rings is 1. The number of fused-ring (bicyclic) bond motifs is 1. The van der Waals surface area contributed by atoms with Crippen molar-refractivity contribution in [1.29, 1.82) is 0 Å². The van der Waals surface area contributed by atoms with Gasteiger partial charge in [-0.3, -0.25) is 4.79 Å². The van der Waals surface area contributed by atoms with Crippen LogP contribution in [0.5, 0.6) is 0 Å². The van der Waals surface area contributed by atoms with Gasteiger partial charge < -0.3 is 10.2 Å². The molecule has 1 unspecified atom stereocenters. The van der Waals surface area contributed by atoms with E-state index in [-0.39, 0.29) is 18.4 Å². The molecule has 9 heteroatoms. The Morgan fingerprint density at radius 3 is 2.66 bits per heavy atom. The summed E-state index contributed by atoms with van der Waals surface area (Å²) in [5, 5.41) is 8.83. The Morgan fingerprint density at radius 2 is 2.00 bits per heavy atom. The Bertz CT molecular complexity index is 1040.